The van der Waals surface area contributed by atoms with Crippen molar-refractivity contribution in [1.29, 1.82) is 5.26 Å². The van der Waals surface area contributed by atoms with Crippen LogP contribution in [0.1, 0.15) is 11.6 Å². The van der Waals surface area contributed by atoms with Crippen molar-refractivity contribution in [3.05, 3.63) is 36.4 Å². The van der Waals surface area contributed by atoms with Crippen molar-refractivity contribution in [1.82, 2.24) is 19.5 Å². The molecule has 0 aliphatic heterocycles. The fourth-order valence-electron chi connectivity index (χ4n) is 1.10. The van der Waals surface area contributed by atoms with Crippen LogP contribution in [-0.2, 0) is 6.54 Å². The largest absolute Gasteiger partial charge is 0.347 e. The molecular formula is C8H7N5. The maximum absolute atomic E-state index is 8.67. The summed E-state index contributed by atoms with van der Waals surface area (Å²) in [4.78, 5) is 10.9. The predicted octanol–water partition coefficient (Wildman–Crippen LogP) is 0.526. The highest BCUT2D eigenvalue weighted by Gasteiger charge is 2.02. The minimum atomic E-state index is 0.399. The third-order valence-electron chi connectivity index (χ3n) is 1.69. The molecular weight excluding hydrogens is 166 g/mol. The second kappa shape index (κ2) is 3.11. The second-order valence-corrected chi connectivity index (χ2v) is 2.53. The van der Waals surface area contributed by atoms with E-state index in [-0.39, 0.29) is 0 Å². The third kappa shape index (κ3) is 1.42. The molecule has 5 heteroatoms. The highest BCUT2D eigenvalue weighted by molar-refractivity contribution is 5.12. The molecule has 0 aromatic carbocycles. The highest BCUT2D eigenvalue weighted by Crippen LogP contribution is 1.99. The molecule has 0 amide bonds. The summed E-state index contributed by atoms with van der Waals surface area (Å²) in [6, 6.07) is 2.00. The lowest BCUT2D eigenvalue weighted by Crippen LogP contribution is -2.02. The maximum atomic E-state index is 8.67. The van der Waals surface area contributed by atoms with Gasteiger partial charge in [-0.3, -0.25) is 0 Å². The molecule has 2 aromatic rings. The molecule has 0 saturated heterocycles. The normalized spacial score (nSPS) is 9.77. The number of rotatable bonds is 2. The van der Waals surface area contributed by atoms with Gasteiger partial charge < -0.3 is 9.55 Å². The molecule has 64 valence electrons. The Labute approximate surface area is 74.7 Å². The van der Waals surface area contributed by atoms with E-state index in [9.17, 15) is 0 Å². The summed E-state index contributed by atoms with van der Waals surface area (Å²) >= 11 is 0. The molecule has 0 spiro atoms. The van der Waals surface area contributed by atoms with Gasteiger partial charge in [0.15, 0.2) is 0 Å². The Bertz CT molecular complexity index is 420. The summed E-state index contributed by atoms with van der Waals surface area (Å²) in [6.07, 6.45) is 6.78. The number of nitriles is 1. The smallest absolute Gasteiger partial charge is 0.213 e. The number of aromatic amines is 1. The van der Waals surface area contributed by atoms with Crippen molar-refractivity contribution in [2.24, 2.45) is 0 Å². The van der Waals surface area contributed by atoms with E-state index in [1.165, 1.54) is 0 Å². The first-order chi connectivity index (χ1) is 6.40. The number of aromatic nitrogens is 4. The Balaban J connectivity index is 2.24. The zero-order valence-corrected chi connectivity index (χ0v) is 6.81. The van der Waals surface area contributed by atoms with E-state index < -0.39 is 0 Å². The monoisotopic (exact) mass is 173 g/mol. The Kier molecular flexibility index (Phi) is 1.81. The molecule has 13 heavy (non-hydrogen) atoms. The van der Waals surface area contributed by atoms with E-state index in [0.29, 0.717) is 12.4 Å². The summed E-state index contributed by atoms with van der Waals surface area (Å²) < 4.78 is 1.73. The first kappa shape index (κ1) is 7.55. The molecule has 0 unspecified atom stereocenters. The highest BCUT2D eigenvalue weighted by atomic mass is 15.1. The molecule has 2 rings (SSSR count). The predicted molar refractivity (Wildman–Crippen MR) is 44.6 cm³/mol. The molecule has 0 saturated carbocycles. The Morgan fingerprint density at radius 2 is 2.38 bits per heavy atom. The van der Waals surface area contributed by atoms with Gasteiger partial charge in [-0.1, -0.05) is 0 Å². The van der Waals surface area contributed by atoms with Crippen molar-refractivity contribution >= 4 is 0 Å². The van der Waals surface area contributed by atoms with E-state index in [2.05, 4.69) is 15.0 Å². The Morgan fingerprint density at radius 3 is 3.08 bits per heavy atom. The van der Waals surface area contributed by atoms with Crippen LogP contribution in [0, 0.1) is 11.3 Å². The van der Waals surface area contributed by atoms with Gasteiger partial charge in [-0.15, -0.1) is 0 Å². The first-order valence-corrected chi connectivity index (χ1v) is 3.79. The zero-order valence-electron chi connectivity index (χ0n) is 6.81. The fraction of sp³-hybridized carbons (Fsp3) is 0.125. The minimum Gasteiger partial charge on any atom is -0.347 e. The van der Waals surface area contributed by atoms with Crippen molar-refractivity contribution in [3.8, 4) is 6.07 Å². The molecule has 1 N–H and O–H groups in total. The summed E-state index contributed by atoms with van der Waals surface area (Å²) in [5.41, 5.74) is 0. The topological polar surface area (TPSA) is 70.3 Å². The van der Waals surface area contributed by atoms with E-state index in [1.807, 2.05) is 6.07 Å². The van der Waals surface area contributed by atoms with Crippen molar-refractivity contribution in [2.45, 2.75) is 6.54 Å². The van der Waals surface area contributed by atoms with E-state index in [4.69, 9.17) is 5.26 Å². The SMILES string of the molecule is N#Cc1nccn1Cc1ncc[nH]1. The summed E-state index contributed by atoms with van der Waals surface area (Å²) in [6.45, 7) is 0.551. The van der Waals surface area contributed by atoms with Crippen LogP contribution >= 0.6 is 0 Å². The number of hydrogen-bond acceptors (Lipinski definition) is 3. The lowest BCUT2D eigenvalue weighted by molar-refractivity contribution is 0.743. The van der Waals surface area contributed by atoms with Crippen LogP contribution in [0.4, 0.5) is 0 Å². The van der Waals surface area contributed by atoms with Gasteiger partial charge in [0.1, 0.15) is 11.9 Å². The minimum absolute atomic E-state index is 0.399. The summed E-state index contributed by atoms with van der Waals surface area (Å²) in [7, 11) is 0. The molecule has 2 heterocycles. The average Bonchev–Trinajstić information content (AvgIpc) is 2.76. The number of hydrogen-bond donors (Lipinski definition) is 1. The first-order valence-electron chi connectivity index (χ1n) is 3.79. The van der Waals surface area contributed by atoms with Gasteiger partial charge in [-0.05, 0) is 0 Å². The standard InChI is InChI=1S/C8H7N5/c9-5-8-12-3-4-13(8)6-7-10-1-2-11-7/h1-4H,6H2,(H,10,11). The van der Waals surface area contributed by atoms with Crippen molar-refractivity contribution in [3.63, 3.8) is 0 Å². The third-order valence-corrected chi connectivity index (χ3v) is 1.69. The van der Waals surface area contributed by atoms with Gasteiger partial charge in [0.2, 0.25) is 5.82 Å². The lowest BCUT2D eigenvalue weighted by Gasteiger charge is -1.98. The van der Waals surface area contributed by atoms with Crippen molar-refractivity contribution in [2.75, 3.05) is 0 Å². The van der Waals surface area contributed by atoms with E-state index >= 15 is 0 Å². The summed E-state index contributed by atoms with van der Waals surface area (Å²) in [5.74, 6) is 1.21. The average molecular weight is 173 g/mol. The van der Waals surface area contributed by atoms with Gasteiger partial charge in [-0.25, -0.2) is 9.97 Å². The van der Waals surface area contributed by atoms with Gasteiger partial charge in [0.05, 0.1) is 6.54 Å². The van der Waals surface area contributed by atoms with E-state index in [1.54, 1.807) is 29.4 Å². The van der Waals surface area contributed by atoms with Crippen molar-refractivity contribution < 1.29 is 0 Å². The zero-order chi connectivity index (χ0) is 9.10. The van der Waals surface area contributed by atoms with Gasteiger partial charge in [0, 0.05) is 24.8 Å². The summed E-state index contributed by atoms with van der Waals surface area (Å²) in [5, 5.41) is 8.67. The van der Waals surface area contributed by atoms with Crippen LogP contribution in [0.2, 0.25) is 0 Å². The molecule has 0 fully saturated rings. The number of imidazole rings is 2. The van der Waals surface area contributed by atoms with Crippen LogP contribution < -0.4 is 0 Å². The lowest BCUT2D eigenvalue weighted by atomic mass is 10.5. The molecule has 0 bridgehead atoms. The van der Waals surface area contributed by atoms with Gasteiger partial charge in [-0.2, -0.15) is 5.26 Å². The van der Waals surface area contributed by atoms with Gasteiger partial charge in [0.25, 0.3) is 0 Å². The molecule has 0 aliphatic carbocycles. The number of H-pyrrole nitrogens is 1. The molecule has 2 aromatic heterocycles. The second-order valence-electron chi connectivity index (χ2n) is 2.53. The maximum Gasteiger partial charge on any atom is 0.213 e. The number of nitrogens with zero attached hydrogens (tertiary/aromatic N) is 4. The fourth-order valence-corrected chi connectivity index (χ4v) is 1.10. The van der Waals surface area contributed by atoms with E-state index in [0.717, 1.165) is 5.82 Å². The quantitative estimate of drug-likeness (QED) is 0.719. The van der Waals surface area contributed by atoms with Crippen LogP contribution in [0.5, 0.6) is 0 Å². The van der Waals surface area contributed by atoms with Gasteiger partial charge >= 0.3 is 0 Å². The molecule has 0 atom stereocenters. The molecule has 5 nitrogen and oxygen atoms in total. The Morgan fingerprint density at radius 1 is 1.46 bits per heavy atom. The molecule has 0 aliphatic rings. The van der Waals surface area contributed by atoms with Crippen LogP contribution in [0.3, 0.4) is 0 Å². The molecule has 0 radical (unpaired) electrons. The van der Waals surface area contributed by atoms with Crippen LogP contribution in [0.25, 0.3) is 0 Å². The van der Waals surface area contributed by atoms with Crippen LogP contribution in [-0.4, -0.2) is 19.5 Å². The number of nitrogens with one attached hydrogen (secondary N) is 1. The van der Waals surface area contributed by atoms with Crippen LogP contribution in [0.15, 0.2) is 24.8 Å². The Hall–Kier alpha value is -2.09.